The number of esters is 1. The lowest BCUT2D eigenvalue weighted by molar-refractivity contribution is -0.150. The van der Waals surface area contributed by atoms with E-state index in [2.05, 4.69) is 0 Å². The van der Waals surface area contributed by atoms with Crippen LogP contribution in [-0.2, 0) is 20.7 Å². The molecule has 0 saturated carbocycles. The molecule has 5 nitrogen and oxygen atoms in total. The monoisotopic (exact) mass is 262 g/mol. The number of amides is 1. The normalized spacial score (nSPS) is 14.9. The summed E-state index contributed by atoms with van der Waals surface area (Å²) in [5.74, 6) is -1.50. The molecule has 5 heteroatoms. The number of nitrogens with two attached hydrogens (primary N) is 1. The molecule has 1 aliphatic rings. The number of nitrogen functional groups attached to an aromatic ring is 1. The average Bonchev–Trinajstić information content (AvgIpc) is 2.80. The highest BCUT2D eigenvalue weighted by Crippen LogP contribution is 2.31. The summed E-state index contributed by atoms with van der Waals surface area (Å²) < 4.78 is 4.88. The van der Waals surface area contributed by atoms with E-state index in [0.29, 0.717) is 12.2 Å². The molecule has 1 aromatic carbocycles. The van der Waals surface area contributed by atoms with Crippen molar-refractivity contribution in [2.24, 2.45) is 5.92 Å². The summed E-state index contributed by atoms with van der Waals surface area (Å²) in [6.07, 6.45) is 0.789. The van der Waals surface area contributed by atoms with E-state index in [1.54, 1.807) is 24.8 Å². The SMILES string of the molecule is CCOC(=O)C(C)C(=O)N1CCc2ccc(N)cc21. The summed E-state index contributed by atoms with van der Waals surface area (Å²) >= 11 is 0. The molecule has 1 aliphatic heterocycles. The molecule has 0 bridgehead atoms. The number of fused-ring (bicyclic) bond motifs is 1. The van der Waals surface area contributed by atoms with Crippen molar-refractivity contribution in [1.82, 2.24) is 0 Å². The standard InChI is InChI=1S/C14H18N2O3/c1-3-19-14(18)9(2)13(17)16-7-6-10-4-5-11(15)8-12(10)16/h4-5,8-9H,3,6-7,15H2,1-2H3. The van der Waals surface area contributed by atoms with Gasteiger partial charge in [0.1, 0.15) is 5.92 Å². The number of nitrogens with zero attached hydrogens (tertiary/aromatic N) is 1. The molecule has 0 aliphatic carbocycles. The van der Waals surface area contributed by atoms with Gasteiger partial charge in [0.05, 0.1) is 6.61 Å². The lowest BCUT2D eigenvalue weighted by atomic mass is 10.1. The summed E-state index contributed by atoms with van der Waals surface area (Å²) in [4.78, 5) is 25.6. The van der Waals surface area contributed by atoms with E-state index < -0.39 is 11.9 Å². The van der Waals surface area contributed by atoms with Crippen molar-refractivity contribution in [3.63, 3.8) is 0 Å². The number of carbonyl (C=O) groups excluding carboxylic acids is 2. The average molecular weight is 262 g/mol. The molecule has 1 aromatic rings. The molecule has 102 valence electrons. The molecule has 1 heterocycles. The summed E-state index contributed by atoms with van der Waals surface area (Å²) in [6.45, 7) is 4.16. The molecule has 1 atom stereocenters. The van der Waals surface area contributed by atoms with E-state index in [0.717, 1.165) is 17.7 Å². The van der Waals surface area contributed by atoms with Gasteiger partial charge in [-0.05, 0) is 38.0 Å². The minimum Gasteiger partial charge on any atom is -0.465 e. The molecular weight excluding hydrogens is 244 g/mol. The van der Waals surface area contributed by atoms with Crippen LogP contribution in [-0.4, -0.2) is 25.0 Å². The Balaban J connectivity index is 2.19. The first-order valence-corrected chi connectivity index (χ1v) is 6.41. The Bertz CT molecular complexity index is 513. The van der Waals surface area contributed by atoms with Crippen LogP contribution < -0.4 is 10.6 Å². The highest BCUT2D eigenvalue weighted by atomic mass is 16.5. The summed E-state index contributed by atoms with van der Waals surface area (Å²) in [5, 5.41) is 0. The van der Waals surface area contributed by atoms with E-state index in [4.69, 9.17) is 10.5 Å². The molecule has 0 aromatic heterocycles. The van der Waals surface area contributed by atoms with Crippen LogP contribution in [0.2, 0.25) is 0 Å². The quantitative estimate of drug-likeness (QED) is 0.507. The van der Waals surface area contributed by atoms with Crippen LogP contribution in [0.3, 0.4) is 0 Å². The predicted molar refractivity (Wildman–Crippen MR) is 72.7 cm³/mol. The third-order valence-corrected chi connectivity index (χ3v) is 3.28. The van der Waals surface area contributed by atoms with Crippen LogP contribution in [0.1, 0.15) is 19.4 Å². The van der Waals surface area contributed by atoms with Gasteiger partial charge in [0.25, 0.3) is 0 Å². The summed E-state index contributed by atoms with van der Waals surface area (Å²) in [5.41, 5.74) is 8.25. The number of ether oxygens (including phenoxy) is 1. The van der Waals surface area contributed by atoms with E-state index in [1.807, 2.05) is 12.1 Å². The van der Waals surface area contributed by atoms with Crippen LogP contribution in [0.4, 0.5) is 11.4 Å². The third kappa shape index (κ3) is 2.54. The molecule has 0 radical (unpaired) electrons. The molecule has 1 amide bonds. The summed E-state index contributed by atoms with van der Waals surface area (Å²) in [6, 6.07) is 5.52. The van der Waals surface area contributed by atoms with Crippen LogP contribution in [0.25, 0.3) is 0 Å². The second-order valence-electron chi connectivity index (χ2n) is 4.60. The largest absolute Gasteiger partial charge is 0.465 e. The van der Waals surface area contributed by atoms with Crippen molar-refractivity contribution < 1.29 is 14.3 Å². The van der Waals surface area contributed by atoms with Gasteiger partial charge in [0, 0.05) is 17.9 Å². The fraction of sp³-hybridized carbons (Fsp3) is 0.429. The number of hydrogen-bond acceptors (Lipinski definition) is 4. The minimum absolute atomic E-state index is 0.234. The highest BCUT2D eigenvalue weighted by Gasteiger charge is 2.32. The number of rotatable bonds is 3. The Morgan fingerprint density at radius 1 is 1.47 bits per heavy atom. The Morgan fingerprint density at radius 3 is 2.89 bits per heavy atom. The Kier molecular flexibility index (Phi) is 3.74. The molecule has 0 spiro atoms. The van der Waals surface area contributed by atoms with Crippen molar-refractivity contribution in [2.75, 3.05) is 23.8 Å². The molecule has 2 N–H and O–H groups in total. The number of anilines is 2. The highest BCUT2D eigenvalue weighted by molar-refractivity contribution is 6.07. The maximum atomic E-state index is 12.3. The van der Waals surface area contributed by atoms with Crippen LogP contribution in [0.5, 0.6) is 0 Å². The molecular formula is C14H18N2O3. The topological polar surface area (TPSA) is 72.6 Å². The van der Waals surface area contributed by atoms with Gasteiger partial charge in [-0.1, -0.05) is 6.07 Å². The van der Waals surface area contributed by atoms with Crippen molar-refractivity contribution in [3.05, 3.63) is 23.8 Å². The fourth-order valence-corrected chi connectivity index (χ4v) is 2.23. The fourth-order valence-electron chi connectivity index (χ4n) is 2.23. The van der Waals surface area contributed by atoms with Gasteiger partial charge < -0.3 is 15.4 Å². The van der Waals surface area contributed by atoms with E-state index in [9.17, 15) is 9.59 Å². The van der Waals surface area contributed by atoms with E-state index >= 15 is 0 Å². The molecule has 1 unspecified atom stereocenters. The Labute approximate surface area is 112 Å². The van der Waals surface area contributed by atoms with Crippen molar-refractivity contribution in [3.8, 4) is 0 Å². The van der Waals surface area contributed by atoms with Gasteiger partial charge in [-0.25, -0.2) is 0 Å². The van der Waals surface area contributed by atoms with Crippen LogP contribution >= 0.6 is 0 Å². The van der Waals surface area contributed by atoms with Gasteiger partial charge in [-0.2, -0.15) is 0 Å². The second-order valence-corrected chi connectivity index (χ2v) is 4.60. The van der Waals surface area contributed by atoms with Crippen LogP contribution in [0.15, 0.2) is 18.2 Å². The zero-order valence-corrected chi connectivity index (χ0v) is 11.2. The zero-order valence-electron chi connectivity index (χ0n) is 11.2. The molecule has 0 fully saturated rings. The maximum absolute atomic E-state index is 12.3. The Morgan fingerprint density at radius 2 is 2.21 bits per heavy atom. The lowest BCUT2D eigenvalue weighted by Crippen LogP contribution is -2.37. The van der Waals surface area contributed by atoms with Gasteiger partial charge in [-0.3, -0.25) is 9.59 Å². The number of carbonyl (C=O) groups is 2. The Hall–Kier alpha value is -2.04. The van der Waals surface area contributed by atoms with E-state index in [1.165, 1.54) is 0 Å². The zero-order chi connectivity index (χ0) is 14.0. The molecule has 19 heavy (non-hydrogen) atoms. The van der Waals surface area contributed by atoms with Crippen LogP contribution in [0, 0.1) is 5.92 Å². The van der Waals surface area contributed by atoms with Crippen molar-refractivity contribution in [1.29, 1.82) is 0 Å². The van der Waals surface area contributed by atoms with Gasteiger partial charge >= 0.3 is 5.97 Å². The minimum atomic E-state index is -0.785. The smallest absolute Gasteiger partial charge is 0.318 e. The van der Waals surface area contributed by atoms with Gasteiger partial charge in [0.15, 0.2) is 0 Å². The maximum Gasteiger partial charge on any atom is 0.318 e. The number of benzene rings is 1. The lowest BCUT2D eigenvalue weighted by Gasteiger charge is -2.21. The van der Waals surface area contributed by atoms with Crippen molar-refractivity contribution in [2.45, 2.75) is 20.3 Å². The third-order valence-electron chi connectivity index (χ3n) is 3.28. The first-order chi connectivity index (χ1) is 9.04. The first kappa shape index (κ1) is 13.4. The van der Waals surface area contributed by atoms with Crippen molar-refractivity contribution >= 4 is 23.3 Å². The molecule has 2 rings (SSSR count). The summed E-state index contributed by atoms with van der Waals surface area (Å²) in [7, 11) is 0. The van der Waals surface area contributed by atoms with E-state index in [-0.39, 0.29) is 12.5 Å². The molecule has 0 saturated heterocycles. The predicted octanol–water partition coefficient (Wildman–Crippen LogP) is 1.36. The first-order valence-electron chi connectivity index (χ1n) is 6.41. The van der Waals surface area contributed by atoms with Gasteiger partial charge in [0.2, 0.25) is 5.91 Å². The number of hydrogen-bond donors (Lipinski definition) is 1. The van der Waals surface area contributed by atoms with Gasteiger partial charge in [-0.15, -0.1) is 0 Å². The second kappa shape index (κ2) is 5.30.